The van der Waals surface area contributed by atoms with E-state index < -0.39 is 0 Å². The Labute approximate surface area is 129 Å². The number of rotatable bonds is 6. The van der Waals surface area contributed by atoms with Gasteiger partial charge in [-0.25, -0.2) is 0 Å². The average Bonchev–Trinajstić information content (AvgIpc) is 2.47. The summed E-state index contributed by atoms with van der Waals surface area (Å²) in [6, 6.07) is 7.54. The summed E-state index contributed by atoms with van der Waals surface area (Å²) in [7, 11) is 0. The SMILES string of the molecule is CCCOc1ccc(CC(C)N2CCCCC2C)cc1N. The van der Waals surface area contributed by atoms with Crippen molar-refractivity contribution in [2.24, 2.45) is 0 Å². The number of anilines is 1. The first kappa shape index (κ1) is 16.2. The second-order valence-electron chi connectivity index (χ2n) is 6.36. The molecule has 118 valence electrons. The van der Waals surface area contributed by atoms with E-state index in [1.165, 1.54) is 31.4 Å². The molecule has 2 N–H and O–H groups in total. The molecule has 0 radical (unpaired) electrons. The van der Waals surface area contributed by atoms with E-state index >= 15 is 0 Å². The van der Waals surface area contributed by atoms with Gasteiger partial charge >= 0.3 is 0 Å². The highest BCUT2D eigenvalue weighted by Gasteiger charge is 2.23. The molecule has 1 heterocycles. The molecule has 0 spiro atoms. The molecule has 0 saturated carbocycles. The van der Waals surface area contributed by atoms with E-state index in [2.05, 4.69) is 37.8 Å². The Hall–Kier alpha value is -1.22. The van der Waals surface area contributed by atoms with E-state index in [1.54, 1.807) is 0 Å². The molecule has 1 aromatic carbocycles. The Morgan fingerprint density at radius 2 is 2.19 bits per heavy atom. The normalized spacial score (nSPS) is 21.2. The molecule has 1 saturated heterocycles. The van der Waals surface area contributed by atoms with Crippen LogP contribution in [0.1, 0.15) is 52.0 Å². The molecule has 0 bridgehead atoms. The molecule has 1 aromatic rings. The van der Waals surface area contributed by atoms with E-state index in [-0.39, 0.29) is 0 Å². The van der Waals surface area contributed by atoms with Crippen molar-refractivity contribution in [1.82, 2.24) is 4.90 Å². The van der Waals surface area contributed by atoms with Gasteiger partial charge in [0.2, 0.25) is 0 Å². The summed E-state index contributed by atoms with van der Waals surface area (Å²) in [4.78, 5) is 2.64. The molecule has 2 unspecified atom stereocenters. The van der Waals surface area contributed by atoms with Gasteiger partial charge in [0.1, 0.15) is 5.75 Å². The molecule has 1 aliphatic rings. The molecule has 0 aliphatic carbocycles. The van der Waals surface area contributed by atoms with E-state index in [4.69, 9.17) is 10.5 Å². The summed E-state index contributed by atoms with van der Waals surface area (Å²) in [6.07, 6.45) is 6.10. The van der Waals surface area contributed by atoms with Crippen molar-refractivity contribution < 1.29 is 4.74 Å². The quantitative estimate of drug-likeness (QED) is 0.808. The number of hydrogen-bond donors (Lipinski definition) is 1. The van der Waals surface area contributed by atoms with Gasteiger partial charge in [0.15, 0.2) is 0 Å². The van der Waals surface area contributed by atoms with E-state index in [0.717, 1.165) is 30.9 Å². The lowest BCUT2D eigenvalue weighted by Crippen LogP contribution is -2.44. The van der Waals surface area contributed by atoms with E-state index in [0.29, 0.717) is 12.1 Å². The number of likely N-dealkylation sites (tertiary alicyclic amines) is 1. The number of hydrogen-bond acceptors (Lipinski definition) is 3. The van der Waals surface area contributed by atoms with Gasteiger partial charge in [0.25, 0.3) is 0 Å². The van der Waals surface area contributed by atoms with E-state index in [9.17, 15) is 0 Å². The van der Waals surface area contributed by atoms with Crippen LogP contribution in [0.15, 0.2) is 18.2 Å². The van der Waals surface area contributed by atoms with Gasteiger partial charge in [-0.05, 0) is 63.8 Å². The first-order valence-corrected chi connectivity index (χ1v) is 8.38. The fourth-order valence-corrected chi connectivity index (χ4v) is 3.30. The Balaban J connectivity index is 1.97. The van der Waals surface area contributed by atoms with Crippen molar-refractivity contribution in [3.8, 4) is 5.75 Å². The maximum absolute atomic E-state index is 6.11. The van der Waals surface area contributed by atoms with Crippen molar-refractivity contribution in [3.63, 3.8) is 0 Å². The number of nitrogens with two attached hydrogens (primary N) is 1. The minimum Gasteiger partial charge on any atom is -0.491 e. The average molecular weight is 290 g/mol. The first-order chi connectivity index (χ1) is 10.1. The highest BCUT2D eigenvalue weighted by atomic mass is 16.5. The smallest absolute Gasteiger partial charge is 0.142 e. The fourth-order valence-electron chi connectivity index (χ4n) is 3.30. The lowest BCUT2D eigenvalue weighted by Gasteiger charge is -2.38. The molecule has 3 heteroatoms. The number of benzene rings is 1. The van der Waals surface area contributed by atoms with Crippen LogP contribution in [-0.2, 0) is 6.42 Å². The summed E-state index contributed by atoms with van der Waals surface area (Å²) in [6.45, 7) is 8.75. The molecule has 21 heavy (non-hydrogen) atoms. The van der Waals surface area contributed by atoms with Gasteiger partial charge in [-0.2, -0.15) is 0 Å². The second kappa shape index (κ2) is 7.69. The Morgan fingerprint density at radius 3 is 2.86 bits per heavy atom. The minimum atomic E-state index is 0.571. The minimum absolute atomic E-state index is 0.571. The highest BCUT2D eigenvalue weighted by molar-refractivity contribution is 5.54. The van der Waals surface area contributed by atoms with Crippen LogP contribution in [0.3, 0.4) is 0 Å². The van der Waals surface area contributed by atoms with Crippen LogP contribution in [0.4, 0.5) is 5.69 Å². The third-order valence-corrected chi connectivity index (χ3v) is 4.49. The molecule has 2 rings (SSSR count). The van der Waals surface area contributed by atoms with Crippen molar-refractivity contribution in [2.75, 3.05) is 18.9 Å². The summed E-state index contributed by atoms with van der Waals surface area (Å²) in [5.74, 6) is 0.819. The van der Waals surface area contributed by atoms with Gasteiger partial charge < -0.3 is 10.5 Å². The molecule has 3 nitrogen and oxygen atoms in total. The van der Waals surface area contributed by atoms with Crippen LogP contribution in [0.5, 0.6) is 5.75 Å². The first-order valence-electron chi connectivity index (χ1n) is 8.38. The van der Waals surface area contributed by atoms with Crippen molar-refractivity contribution in [1.29, 1.82) is 0 Å². The van der Waals surface area contributed by atoms with Gasteiger partial charge in [-0.1, -0.05) is 19.4 Å². The highest BCUT2D eigenvalue weighted by Crippen LogP contribution is 2.25. The Morgan fingerprint density at radius 1 is 1.38 bits per heavy atom. The zero-order valence-corrected chi connectivity index (χ0v) is 13.8. The van der Waals surface area contributed by atoms with Crippen LogP contribution in [-0.4, -0.2) is 30.1 Å². The van der Waals surface area contributed by atoms with Crippen molar-refractivity contribution >= 4 is 5.69 Å². The van der Waals surface area contributed by atoms with Crippen LogP contribution >= 0.6 is 0 Å². The maximum Gasteiger partial charge on any atom is 0.142 e. The third-order valence-electron chi connectivity index (χ3n) is 4.49. The zero-order valence-electron chi connectivity index (χ0n) is 13.8. The lowest BCUT2D eigenvalue weighted by atomic mass is 9.98. The predicted molar refractivity (Wildman–Crippen MR) is 89.8 cm³/mol. The number of nitrogens with zero attached hydrogens (tertiary/aromatic N) is 1. The summed E-state index contributed by atoms with van der Waals surface area (Å²) in [5, 5.41) is 0. The molecular weight excluding hydrogens is 260 g/mol. The largest absolute Gasteiger partial charge is 0.491 e. The van der Waals surface area contributed by atoms with E-state index in [1.807, 2.05) is 6.07 Å². The van der Waals surface area contributed by atoms with Gasteiger partial charge in [0.05, 0.1) is 12.3 Å². The molecule has 0 amide bonds. The summed E-state index contributed by atoms with van der Waals surface area (Å²) < 4.78 is 5.64. The van der Waals surface area contributed by atoms with Crippen LogP contribution in [0, 0.1) is 0 Å². The van der Waals surface area contributed by atoms with Gasteiger partial charge in [-0.3, -0.25) is 4.90 Å². The molecule has 1 fully saturated rings. The lowest BCUT2D eigenvalue weighted by molar-refractivity contribution is 0.114. The van der Waals surface area contributed by atoms with Crippen LogP contribution in [0.25, 0.3) is 0 Å². The number of piperidine rings is 1. The monoisotopic (exact) mass is 290 g/mol. The van der Waals surface area contributed by atoms with Gasteiger partial charge in [-0.15, -0.1) is 0 Å². The zero-order chi connectivity index (χ0) is 15.2. The molecule has 0 aromatic heterocycles. The van der Waals surface area contributed by atoms with Crippen LogP contribution < -0.4 is 10.5 Å². The topological polar surface area (TPSA) is 38.5 Å². The van der Waals surface area contributed by atoms with Crippen molar-refractivity contribution in [2.45, 2.75) is 65.0 Å². The summed E-state index contributed by atoms with van der Waals surface area (Å²) in [5.41, 5.74) is 8.18. The van der Waals surface area contributed by atoms with Crippen LogP contribution in [0.2, 0.25) is 0 Å². The molecule has 2 atom stereocenters. The van der Waals surface area contributed by atoms with Gasteiger partial charge in [0, 0.05) is 12.1 Å². The van der Waals surface area contributed by atoms with Crippen molar-refractivity contribution in [3.05, 3.63) is 23.8 Å². The molecule has 1 aliphatic heterocycles. The predicted octanol–water partition coefficient (Wildman–Crippen LogP) is 3.86. The number of nitrogen functional groups attached to an aromatic ring is 1. The Kier molecular flexibility index (Phi) is 5.92. The number of ether oxygens (including phenoxy) is 1. The molecular formula is C18H30N2O. The Bertz CT molecular complexity index is 447. The second-order valence-corrected chi connectivity index (χ2v) is 6.36. The fraction of sp³-hybridized carbons (Fsp3) is 0.667. The standard InChI is InChI=1S/C18H30N2O/c1-4-11-21-18-9-8-16(13-17(18)19)12-15(3)20-10-6-5-7-14(20)2/h8-9,13-15H,4-7,10-12,19H2,1-3H3. The summed E-state index contributed by atoms with van der Waals surface area (Å²) >= 11 is 0. The third kappa shape index (κ3) is 4.37. The maximum atomic E-state index is 6.11.